The number of nitrogens with one attached hydrogen (secondary N) is 1. The Morgan fingerprint density at radius 1 is 1.27 bits per heavy atom. The van der Waals surface area contributed by atoms with Gasteiger partial charge < -0.3 is 10.1 Å². The number of pyridine rings is 1. The van der Waals surface area contributed by atoms with E-state index in [1.54, 1.807) is 6.20 Å². The van der Waals surface area contributed by atoms with E-state index in [1.165, 1.54) is 0 Å². The quantitative estimate of drug-likeness (QED) is 0.799. The highest BCUT2D eigenvalue weighted by Crippen LogP contribution is 2.20. The number of hydrogen-bond acceptors (Lipinski definition) is 3. The maximum Gasteiger partial charge on any atom is 0.123 e. The van der Waals surface area contributed by atoms with Crippen molar-refractivity contribution in [1.82, 2.24) is 10.3 Å². The zero-order valence-electron chi connectivity index (χ0n) is 8.31. The Labute approximate surface area is 88.1 Å². The number of hydrogen-bond donors (Lipinski definition) is 1. The van der Waals surface area contributed by atoms with Crippen LogP contribution in [0.15, 0.2) is 36.5 Å². The molecular formula is C12H12N2O. The molecule has 0 saturated carbocycles. The van der Waals surface area contributed by atoms with Crippen LogP contribution >= 0.6 is 0 Å². The van der Waals surface area contributed by atoms with Crippen LogP contribution in [0.4, 0.5) is 0 Å². The number of nitrogens with zero attached hydrogens (tertiary/aromatic N) is 1. The van der Waals surface area contributed by atoms with Gasteiger partial charge in [0.1, 0.15) is 11.9 Å². The fourth-order valence-corrected chi connectivity index (χ4v) is 1.66. The first-order valence-electron chi connectivity index (χ1n) is 5.14. The van der Waals surface area contributed by atoms with Gasteiger partial charge in [0.05, 0.1) is 5.52 Å². The molecule has 15 heavy (non-hydrogen) atoms. The van der Waals surface area contributed by atoms with E-state index in [2.05, 4.69) is 10.3 Å². The van der Waals surface area contributed by atoms with Crippen molar-refractivity contribution in [2.45, 2.75) is 6.10 Å². The van der Waals surface area contributed by atoms with Crippen LogP contribution in [0, 0.1) is 0 Å². The van der Waals surface area contributed by atoms with E-state index in [9.17, 15) is 0 Å². The van der Waals surface area contributed by atoms with Crippen LogP contribution in [0.2, 0.25) is 0 Å². The van der Waals surface area contributed by atoms with Crippen LogP contribution in [-0.2, 0) is 0 Å². The lowest BCUT2D eigenvalue weighted by atomic mass is 10.2. The molecule has 1 N–H and O–H groups in total. The van der Waals surface area contributed by atoms with Gasteiger partial charge in [0.2, 0.25) is 0 Å². The molecule has 0 radical (unpaired) electrons. The zero-order chi connectivity index (χ0) is 10.1. The van der Waals surface area contributed by atoms with Crippen LogP contribution in [0.3, 0.4) is 0 Å². The molecule has 1 aromatic heterocycles. The Kier molecular flexibility index (Phi) is 2.03. The summed E-state index contributed by atoms with van der Waals surface area (Å²) >= 11 is 0. The van der Waals surface area contributed by atoms with Crippen molar-refractivity contribution in [2.24, 2.45) is 0 Å². The van der Waals surface area contributed by atoms with Gasteiger partial charge in [0.15, 0.2) is 0 Å². The minimum absolute atomic E-state index is 0.333. The first-order valence-corrected chi connectivity index (χ1v) is 5.14. The van der Waals surface area contributed by atoms with E-state index in [1.807, 2.05) is 30.3 Å². The summed E-state index contributed by atoms with van der Waals surface area (Å²) in [6.07, 6.45) is 2.14. The molecule has 2 aromatic rings. The highest BCUT2D eigenvalue weighted by molar-refractivity contribution is 5.79. The lowest BCUT2D eigenvalue weighted by Gasteiger charge is -2.27. The molecule has 1 aromatic carbocycles. The molecule has 1 fully saturated rings. The fourth-order valence-electron chi connectivity index (χ4n) is 1.66. The van der Waals surface area contributed by atoms with Crippen molar-refractivity contribution in [3.8, 4) is 5.75 Å². The van der Waals surface area contributed by atoms with Gasteiger partial charge in [0, 0.05) is 24.7 Å². The van der Waals surface area contributed by atoms with E-state index in [0.717, 1.165) is 29.7 Å². The van der Waals surface area contributed by atoms with Gasteiger partial charge in [0.25, 0.3) is 0 Å². The first kappa shape index (κ1) is 8.68. The van der Waals surface area contributed by atoms with E-state index >= 15 is 0 Å². The zero-order valence-corrected chi connectivity index (χ0v) is 8.31. The van der Waals surface area contributed by atoms with Crippen molar-refractivity contribution in [3.63, 3.8) is 0 Å². The second-order valence-corrected chi connectivity index (χ2v) is 3.76. The normalized spacial score (nSPS) is 16.3. The minimum atomic E-state index is 0.333. The predicted molar refractivity (Wildman–Crippen MR) is 59.0 cm³/mol. The van der Waals surface area contributed by atoms with Gasteiger partial charge in [-0.15, -0.1) is 0 Å². The SMILES string of the molecule is c1cnc2ccc(OC3CNC3)cc2c1. The number of ether oxygens (including phenoxy) is 1. The molecule has 2 heterocycles. The van der Waals surface area contributed by atoms with Gasteiger partial charge in [-0.25, -0.2) is 0 Å². The third-order valence-electron chi connectivity index (χ3n) is 2.62. The molecule has 1 aliphatic heterocycles. The summed E-state index contributed by atoms with van der Waals surface area (Å²) in [6.45, 7) is 1.90. The second kappa shape index (κ2) is 3.51. The summed E-state index contributed by atoms with van der Waals surface area (Å²) in [6, 6.07) is 10.0. The molecule has 0 amide bonds. The van der Waals surface area contributed by atoms with Crippen molar-refractivity contribution in [3.05, 3.63) is 36.5 Å². The Balaban J connectivity index is 1.91. The monoisotopic (exact) mass is 200 g/mol. The molecule has 3 heteroatoms. The van der Waals surface area contributed by atoms with E-state index < -0.39 is 0 Å². The van der Waals surface area contributed by atoms with Crippen molar-refractivity contribution in [1.29, 1.82) is 0 Å². The van der Waals surface area contributed by atoms with Crippen LogP contribution < -0.4 is 10.1 Å². The maximum absolute atomic E-state index is 5.77. The van der Waals surface area contributed by atoms with Gasteiger partial charge in [-0.05, 0) is 24.3 Å². The number of aromatic nitrogens is 1. The summed E-state index contributed by atoms with van der Waals surface area (Å²) in [5.74, 6) is 0.932. The average molecular weight is 200 g/mol. The highest BCUT2D eigenvalue weighted by Gasteiger charge is 2.18. The van der Waals surface area contributed by atoms with Crippen molar-refractivity contribution < 1.29 is 4.74 Å². The molecule has 0 aliphatic carbocycles. The van der Waals surface area contributed by atoms with Crippen LogP contribution in [0.1, 0.15) is 0 Å². The van der Waals surface area contributed by atoms with Gasteiger partial charge in [-0.3, -0.25) is 4.98 Å². The summed E-state index contributed by atoms with van der Waals surface area (Å²) in [5, 5.41) is 4.31. The van der Waals surface area contributed by atoms with Crippen LogP contribution in [-0.4, -0.2) is 24.2 Å². The Morgan fingerprint density at radius 3 is 3.00 bits per heavy atom. The molecule has 3 nitrogen and oxygen atoms in total. The topological polar surface area (TPSA) is 34.1 Å². The molecule has 1 aliphatic rings. The smallest absolute Gasteiger partial charge is 0.123 e. The molecule has 0 bridgehead atoms. The van der Waals surface area contributed by atoms with E-state index in [4.69, 9.17) is 4.74 Å². The molecule has 3 rings (SSSR count). The Hall–Kier alpha value is -1.61. The van der Waals surface area contributed by atoms with Crippen molar-refractivity contribution >= 4 is 10.9 Å². The number of fused-ring (bicyclic) bond motifs is 1. The van der Waals surface area contributed by atoms with Crippen molar-refractivity contribution in [2.75, 3.05) is 13.1 Å². The van der Waals surface area contributed by atoms with Gasteiger partial charge in [-0.2, -0.15) is 0 Å². The summed E-state index contributed by atoms with van der Waals surface area (Å²) in [4.78, 5) is 4.27. The molecule has 0 atom stereocenters. The van der Waals surface area contributed by atoms with Crippen LogP contribution in [0.25, 0.3) is 10.9 Å². The largest absolute Gasteiger partial charge is 0.488 e. The second-order valence-electron chi connectivity index (χ2n) is 3.76. The minimum Gasteiger partial charge on any atom is -0.488 e. The maximum atomic E-state index is 5.77. The summed E-state index contributed by atoms with van der Waals surface area (Å²) in [7, 11) is 0. The van der Waals surface area contributed by atoms with E-state index in [0.29, 0.717) is 6.10 Å². The fraction of sp³-hybridized carbons (Fsp3) is 0.250. The summed E-state index contributed by atoms with van der Waals surface area (Å²) in [5.41, 5.74) is 1.01. The highest BCUT2D eigenvalue weighted by atomic mass is 16.5. The number of rotatable bonds is 2. The third kappa shape index (κ3) is 1.66. The summed E-state index contributed by atoms with van der Waals surface area (Å²) < 4.78 is 5.77. The Bertz CT molecular complexity index is 480. The van der Waals surface area contributed by atoms with E-state index in [-0.39, 0.29) is 0 Å². The lowest BCUT2D eigenvalue weighted by molar-refractivity contribution is 0.142. The predicted octanol–water partition coefficient (Wildman–Crippen LogP) is 1.59. The average Bonchev–Trinajstić information content (AvgIpc) is 2.23. The molecule has 0 unspecified atom stereocenters. The molecular weight excluding hydrogens is 188 g/mol. The lowest BCUT2D eigenvalue weighted by Crippen LogP contribution is -2.50. The third-order valence-corrected chi connectivity index (χ3v) is 2.62. The number of benzene rings is 1. The standard InChI is InChI=1S/C12H12N2O/c1-2-9-6-10(15-11-7-13-8-11)3-4-12(9)14-5-1/h1-6,11,13H,7-8H2. The van der Waals surface area contributed by atoms with Crippen LogP contribution in [0.5, 0.6) is 5.75 Å². The Morgan fingerprint density at radius 2 is 2.20 bits per heavy atom. The molecule has 0 spiro atoms. The van der Waals surface area contributed by atoms with Gasteiger partial charge >= 0.3 is 0 Å². The molecule has 76 valence electrons. The molecule has 1 saturated heterocycles. The van der Waals surface area contributed by atoms with Gasteiger partial charge in [-0.1, -0.05) is 6.07 Å². The first-order chi connectivity index (χ1) is 7.42.